The molecule has 3 aromatic rings. The van der Waals surface area contributed by atoms with Crippen LogP contribution in [0.5, 0.6) is 23.0 Å². The van der Waals surface area contributed by atoms with E-state index in [4.69, 9.17) is 18.9 Å². The standard InChI is InChI=1S/C18H19N3O4/c1-22-13-5-6-17(18(10-13)25-4)21-11-16(19-20-21)12-7-14(23-2)9-15(8-12)24-3/h5-11H,1-4H3. The van der Waals surface area contributed by atoms with Gasteiger partial charge in [0.2, 0.25) is 0 Å². The van der Waals surface area contributed by atoms with Gasteiger partial charge in [-0.1, -0.05) is 5.21 Å². The average molecular weight is 341 g/mol. The molecule has 0 unspecified atom stereocenters. The van der Waals surface area contributed by atoms with Crippen molar-refractivity contribution in [2.24, 2.45) is 0 Å². The fourth-order valence-corrected chi connectivity index (χ4v) is 2.44. The van der Waals surface area contributed by atoms with E-state index in [0.717, 1.165) is 11.3 Å². The maximum atomic E-state index is 5.42. The Morgan fingerprint density at radius 2 is 1.44 bits per heavy atom. The summed E-state index contributed by atoms with van der Waals surface area (Å²) in [6.07, 6.45) is 1.82. The Morgan fingerprint density at radius 1 is 0.760 bits per heavy atom. The first kappa shape index (κ1) is 16.6. The number of hydrogen-bond donors (Lipinski definition) is 0. The van der Waals surface area contributed by atoms with Crippen molar-refractivity contribution in [1.82, 2.24) is 15.0 Å². The molecule has 0 aliphatic carbocycles. The predicted octanol–water partition coefficient (Wildman–Crippen LogP) is 2.97. The average Bonchev–Trinajstić information content (AvgIpc) is 3.16. The van der Waals surface area contributed by atoms with E-state index in [2.05, 4.69) is 10.3 Å². The summed E-state index contributed by atoms with van der Waals surface area (Å²) in [5, 5.41) is 8.45. The maximum Gasteiger partial charge on any atom is 0.148 e. The van der Waals surface area contributed by atoms with E-state index in [1.807, 2.05) is 30.5 Å². The zero-order valence-corrected chi connectivity index (χ0v) is 14.5. The first-order chi connectivity index (χ1) is 12.2. The van der Waals surface area contributed by atoms with Gasteiger partial charge in [0.15, 0.2) is 0 Å². The van der Waals surface area contributed by atoms with Crippen LogP contribution in [0.3, 0.4) is 0 Å². The number of methoxy groups -OCH3 is 4. The molecule has 0 aliphatic heterocycles. The highest BCUT2D eigenvalue weighted by atomic mass is 16.5. The summed E-state index contributed by atoms with van der Waals surface area (Å²) in [4.78, 5) is 0. The number of nitrogens with zero attached hydrogens (tertiary/aromatic N) is 3. The maximum absolute atomic E-state index is 5.42. The highest BCUT2D eigenvalue weighted by Crippen LogP contribution is 2.31. The van der Waals surface area contributed by atoms with E-state index in [-0.39, 0.29) is 0 Å². The van der Waals surface area contributed by atoms with Crippen molar-refractivity contribution in [3.8, 4) is 39.9 Å². The van der Waals surface area contributed by atoms with E-state index in [1.165, 1.54) is 0 Å². The molecule has 1 aromatic heterocycles. The largest absolute Gasteiger partial charge is 0.497 e. The van der Waals surface area contributed by atoms with Crippen molar-refractivity contribution in [3.63, 3.8) is 0 Å². The summed E-state index contributed by atoms with van der Waals surface area (Å²) in [7, 11) is 6.43. The lowest BCUT2D eigenvalue weighted by Gasteiger charge is -2.09. The molecule has 0 saturated carbocycles. The van der Waals surface area contributed by atoms with Gasteiger partial charge in [-0.3, -0.25) is 0 Å². The van der Waals surface area contributed by atoms with Crippen LogP contribution >= 0.6 is 0 Å². The van der Waals surface area contributed by atoms with Gasteiger partial charge in [-0.15, -0.1) is 5.10 Å². The van der Waals surface area contributed by atoms with E-state index < -0.39 is 0 Å². The Morgan fingerprint density at radius 3 is 2.04 bits per heavy atom. The third-order valence-corrected chi connectivity index (χ3v) is 3.77. The summed E-state index contributed by atoms with van der Waals surface area (Å²) < 4.78 is 22.9. The highest BCUT2D eigenvalue weighted by Gasteiger charge is 2.12. The zero-order valence-electron chi connectivity index (χ0n) is 14.5. The lowest BCUT2D eigenvalue weighted by atomic mass is 10.1. The number of rotatable bonds is 6. The van der Waals surface area contributed by atoms with Crippen LogP contribution in [-0.4, -0.2) is 43.4 Å². The molecule has 0 saturated heterocycles. The van der Waals surface area contributed by atoms with Gasteiger partial charge in [0.1, 0.15) is 34.4 Å². The molecule has 0 aliphatic rings. The first-order valence-corrected chi connectivity index (χ1v) is 7.56. The van der Waals surface area contributed by atoms with Crippen molar-refractivity contribution in [2.75, 3.05) is 28.4 Å². The summed E-state index contributed by atoms with van der Waals surface area (Å²) in [5.74, 6) is 2.72. The van der Waals surface area contributed by atoms with Crippen LogP contribution in [0.25, 0.3) is 16.9 Å². The monoisotopic (exact) mass is 341 g/mol. The lowest BCUT2D eigenvalue weighted by Crippen LogP contribution is -1.99. The topological polar surface area (TPSA) is 67.6 Å². The molecule has 0 fully saturated rings. The van der Waals surface area contributed by atoms with Crippen LogP contribution in [0.2, 0.25) is 0 Å². The Kier molecular flexibility index (Phi) is 4.74. The molecule has 0 N–H and O–H groups in total. The molecule has 1 heterocycles. The molecule has 2 aromatic carbocycles. The van der Waals surface area contributed by atoms with Crippen molar-refractivity contribution in [1.29, 1.82) is 0 Å². The Balaban J connectivity index is 2.01. The van der Waals surface area contributed by atoms with Crippen molar-refractivity contribution in [3.05, 3.63) is 42.6 Å². The second-order valence-corrected chi connectivity index (χ2v) is 5.19. The SMILES string of the molecule is COc1cc(OC)cc(-c2cn(-c3ccc(OC)cc3OC)nn2)c1. The van der Waals surface area contributed by atoms with Crippen LogP contribution in [0, 0.1) is 0 Å². The van der Waals surface area contributed by atoms with Crippen molar-refractivity contribution < 1.29 is 18.9 Å². The smallest absolute Gasteiger partial charge is 0.148 e. The van der Waals surface area contributed by atoms with Crippen LogP contribution in [0.15, 0.2) is 42.6 Å². The summed E-state index contributed by atoms with van der Waals surface area (Å²) >= 11 is 0. The minimum Gasteiger partial charge on any atom is -0.497 e. The van der Waals surface area contributed by atoms with Gasteiger partial charge in [-0.25, -0.2) is 4.68 Å². The van der Waals surface area contributed by atoms with Crippen LogP contribution in [0.4, 0.5) is 0 Å². The predicted molar refractivity (Wildman–Crippen MR) is 93.0 cm³/mol. The first-order valence-electron chi connectivity index (χ1n) is 7.56. The van der Waals surface area contributed by atoms with Crippen LogP contribution in [0.1, 0.15) is 0 Å². The van der Waals surface area contributed by atoms with Gasteiger partial charge in [-0.05, 0) is 24.3 Å². The van der Waals surface area contributed by atoms with E-state index in [1.54, 1.807) is 45.3 Å². The molecule has 0 atom stereocenters. The molecule has 25 heavy (non-hydrogen) atoms. The fraction of sp³-hybridized carbons (Fsp3) is 0.222. The van der Waals surface area contributed by atoms with E-state index >= 15 is 0 Å². The molecule has 0 radical (unpaired) electrons. The Hall–Kier alpha value is -3.22. The van der Waals surface area contributed by atoms with Crippen molar-refractivity contribution in [2.45, 2.75) is 0 Å². The molecule has 0 bridgehead atoms. The molecule has 0 amide bonds. The minimum absolute atomic E-state index is 0.638. The molecule has 130 valence electrons. The Bertz CT molecular complexity index is 854. The van der Waals surface area contributed by atoms with Gasteiger partial charge in [0.25, 0.3) is 0 Å². The number of hydrogen-bond acceptors (Lipinski definition) is 6. The third-order valence-electron chi connectivity index (χ3n) is 3.77. The number of benzene rings is 2. The molecule has 7 nitrogen and oxygen atoms in total. The minimum atomic E-state index is 0.638. The van der Waals surface area contributed by atoms with Gasteiger partial charge < -0.3 is 18.9 Å². The zero-order chi connectivity index (χ0) is 17.8. The quantitative estimate of drug-likeness (QED) is 0.687. The van der Waals surface area contributed by atoms with Gasteiger partial charge in [0, 0.05) is 17.7 Å². The molecule has 7 heteroatoms. The molecule has 0 spiro atoms. The van der Waals surface area contributed by atoms with Crippen LogP contribution in [-0.2, 0) is 0 Å². The van der Waals surface area contributed by atoms with Crippen LogP contribution < -0.4 is 18.9 Å². The van der Waals surface area contributed by atoms with E-state index in [9.17, 15) is 0 Å². The summed E-state index contributed by atoms with van der Waals surface area (Å²) in [6, 6.07) is 11.1. The fourth-order valence-electron chi connectivity index (χ4n) is 2.44. The lowest BCUT2D eigenvalue weighted by molar-refractivity contribution is 0.392. The van der Waals surface area contributed by atoms with Crippen molar-refractivity contribution >= 4 is 0 Å². The molecular formula is C18H19N3O4. The number of aromatic nitrogens is 3. The second-order valence-electron chi connectivity index (χ2n) is 5.19. The summed E-state index contributed by atoms with van der Waals surface area (Å²) in [5.41, 5.74) is 2.29. The summed E-state index contributed by atoms with van der Waals surface area (Å²) in [6.45, 7) is 0. The second kappa shape index (κ2) is 7.12. The molecule has 3 rings (SSSR count). The normalized spacial score (nSPS) is 10.4. The number of ether oxygens (including phenoxy) is 4. The van der Waals surface area contributed by atoms with Gasteiger partial charge >= 0.3 is 0 Å². The van der Waals surface area contributed by atoms with Gasteiger partial charge in [-0.2, -0.15) is 0 Å². The highest BCUT2D eigenvalue weighted by molar-refractivity contribution is 5.64. The van der Waals surface area contributed by atoms with Gasteiger partial charge in [0.05, 0.1) is 34.6 Å². The molecular weight excluding hydrogens is 322 g/mol. The van der Waals surface area contributed by atoms with E-state index in [0.29, 0.717) is 28.7 Å². The third kappa shape index (κ3) is 3.35. The Labute approximate surface area is 145 Å².